The highest BCUT2D eigenvalue weighted by atomic mass is 16.3. The highest BCUT2D eigenvalue weighted by Crippen LogP contribution is 2.08. The second kappa shape index (κ2) is 30.8. The van der Waals surface area contributed by atoms with Crippen LogP contribution >= 0.6 is 0 Å². The minimum absolute atomic E-state index is 0.00843. The number of hydrogen-bond acceptors (Lipinski definition) is 15. The van der Waals surface area contributed by atoms with Gasteiger partial charge in [0, 0.05) is 19.5 Å². The molecule has 0 unspecified atom stereocenters. The number of nitrogens with one attached hydrogen (secondary N) is 7. The lowest BCUT2D eigenvalue weighted by Crippen LogP contribution is -2.62. The van der Waals surface area contributed by atoms with Gasteiger partial charge in [0.1, 0.15) is 42.5 Å². The van der Waals surface area contributed by atoms with Crippen LogP contribution in [0.15, 0.2) is 9.98 Å². The molecule has 0 aromatic heterocycles. The number of aliphatic imine (C=N–C) groups is 2. The van der Waals surface area contributed by atoms with Gasteiger partial charge in [-0.3, -0.25) is 48.3 Å². The molecule has 0 fully saturated rings. The Labute approximate surface area is 371 Å². The fourth-order valence-corrected chi connectivity index (χ4v) is 5.61. The van der Waals surface area contributed by atoms with Gasteiger partial charge < -0.3 is 92.4 Å². The lowest BCUT2D eigenvalue weighted by atomic mass is 10.0. The summed E-state index contributed by atoms with van der Waals surface area (Å²) in [6.45, 7) is 5.52. The molecule has 27 nitrogen and oxygen atoms in total. The van der Waals surface area contributed by atoms with Crippen molar-refractivity contribution in [3.63, 3.8) is 0 Å². The van der Waals surface area contributed by atoms with Crippen LogP contribution < -0.4 is 77.4 Å². The standard InChI is InChI=1S/C37H70N16O11/c1-18(39)29(58)49-24(11-8-16-46-37(43)44)32(61)53-28(21(4)56)35(64)51-23(10-5-6-14-38)31(60)50-25(12-13-26(40)57)33(62)52-27(20(3)55)34(63)47-19(2)30(59)48-22(17-54)9-7-15-45-36(41)42/h17-25,27-28,55-56H,5-16,38-39H2,1-4H3,(H2,40,57)(H,47,63)(H,48,59)(H,49,58)(H,50,60)(H,51,64)(H,52,62)(H,53,61)(H4,41,42,45)(H4,43,44,46)/t18-,19-,20+,21+,22-,23-,24-,25-,27-,28-/m0/s1. The van der Waals surface area contributed by atoms with Crippen molar-refractivity contribution in [2.24, 2.45) is 50.1 Å². The molecule has 0 saturated heterocycles. The van der Waals surface area contributed by atoms with Crippen LogP contribution in [-0.4, -0.2) is 156 Å². The van der Waals surface area contributed by atoms with Gasteiger partial charge >= 0.3 is 0 Å². The van der Waals surface area contributed by atoms with Gasteiger partial charge in [0.25, 0.3) is 0 Å². The van der Waals surface area contributed by atoms with Crippen LogP contribution in [0.25, 0.3) is 0 Å². The highest BCUT2D eigenvalue weighted by Gasteiger charge is 2.35. The summed E-state index contributed by atoms with van der Waals surface area (Å²) in [7, 11) is 0. The quantitative estimate of drug-likeness (QED) is 0.0129. The van der Waals surface area contributed by atoms with Crippen molar-refractivity contribution >= 4 is 65.5 Å². The SMILES string of the molecule is C[C@H](N)C(=O)N[C@@H](CCCN=C(N)N)C(=O)N[C@H](C(=O)N[C@@H](CCCCN)C(=O)N[C@@H](CCC(N)=O)C(=O)N[C@H](C(=O)N[C@@H](C)C(=O)N[C@H](C=O)CCCN=C(N)N)[C@@H](C)O)[C@@H](C)O. The lowest BCUT2D eigenvalue weighted by molar-refractivity contribution is -0.137. The smallest absolute Gasteiger partial charge is 0.245 e. The zero-order valence-electron chi connectivity index (χ0n) is 36.8. The molecule has 0 heterocycles. The van der Waals surface area contributed by atoms with Crippen LogP contribution in [-0.2, 0) is 43.2 Å². The second-order valence-corrected chi connectivity index (χ2v) is 15.1. The molecule has 0 rings (SSSR count). The maximum absolute atomic E-state index is 13.8. The zero-order valence-corrected chi connectivity index (χ0v) is 36.8. The number of carbonyl (C=O) groups is 9. The fourth-order valence-electron chi connectivity index (χ4n) is 5.61. The maximum atomic E-state index is 13.8. The molecule has 0 aliphatic rings. The lowest BCUT2D eigenvalue weighted by Gasteiger charge is -2.28. The van der Waals surface area contributed by atoms with E-state index in [9.17, 15) is 53.4 Å². The average molecular weight is 915 g/mol. The van der Waals surface area contributed by atoms with Crippen LogP contribution in [0.5, 0.6) is 0 Å². The van der Waals surface area contributed by atoms with Crippen LogP contribution in [0.1, 0.15) is 85.5 Å². The number of aliphatic hydroxyl groups is 2. The topological polar surface area (TPSA) is 485 Å². The summed E-state index contributed by atoms with van der Waals surface area (Å²) in [5, 5.41) is 37.9. The average Bonchev–Trinajstić information content (AvgIpc) is 3.20. The Bertz CT molecular complexity index is 1620. The molecule has 0 aliphatic carbocycles. The summed E-state index contributed by atoms with van der Waals surface area (Å²) in [6, 6.07) is -10.9. The van der Waals surface area contributed by atoms with E-state index in [-0.39, 0.29) is 63.7 Å². The molecule has 27 heteroatoms. The Morgan fingerprint density at radius 1 is 0.531 bits per heavy atom. The van der Waals surface area contributed by atoms with Gasteiger partial charge in [-0.1, -0.05) is 0 Å². The largest absolute Gasteiger partial charge is 0.391 e. The third kappa shape index (κ3) is 23.9. The van der Waals surface area contributed by atoms with Gasteiger partial charge in [-0.25, -0.2) is 0 Å². The third-order valence-electron chi connectivity index (χ3n) is 9.22. The molecule has 364 valence electrons. The number of aldehydes is 1. The van der Waals surface area contributed by atoms with Gasteiger partial charge in [-0.2, -0.15) is 0 Å². The summed E-state index contributed by atoms with van der Waals surface area (Å²) in [6.07, 6.45) is -2.20. The first-order valence-electron chi connectivity index (χ1n) is 20.7. The van der Waals surface area contributed by atoms with Crippen LogP contribution in [0, 0.1) is 0 Å². The fraction of sp³-hybridized carbons (Fsp3) is 0.703. The van der Waals surface area contributed by atoms with Crippen molar-refractivity contribution in [2.75, 3.05) is 19.6 Å². The summed E-state index contributed by atoms with van der Waals surface area (Å²) < 4.78 is 0. The van der Waals surface area contributed by atoms with Crippen molar-refractivity contribution in [1.29, 1.82) is 0 Å². The number of aliphatic hydroxyl groups excluding tert-OH is 2. The van der Waals surface area contributed by atoms with E-state index >= 15 is 0 Å². The van der Waals surface area contributed by atoms with Gasteiger partial charge in [-0.15, -0.1) is 0 Å². The van der Waals surface area contributed by atoms with E-state index in [1.807, 2.05) is 0 Å². The third-order valence-corrected chi connectivity index (χ3v) is 9.22. The van der Waals surface area contributed by atoms with Gasteiger partial charge in [-0.05, 0) is 85.6 Å². The van der Waals surface area contributed by atoms with E-state index in [2.05, 4.69) is 47.2 Å². The van der Waals surface area contributed by atoms with Crippen LogP contribution in [0.2, 0.25) is 0 Å². The van der Waals surface area contributed by atoms with Crippen LogP contribution in [0.4, 0.5) is 0 Å². The van der Waals surface area contributed by atoms with Crippen molar-refractivity contribution < 1.29 is 53.4 Å². The molecular formula is C37H70N16O11. The number of rotatable bonds is 32. The van der Waals surface area contributed by atoms with E-state index in [1.54, 1.807) is 0 Å². The number of amides is 8. The normalized spacial score (nSPS) is 15.6. The van der Waals surface area contributed by atoms with Crippen LogP contribution in [0.3, 0.4) is 0 Å². The molecule has 0 aromatic rings. The number of nitrogens with two attached hydrogens (primary N) is 7. The minimum atomic E-state index is -1.72. The van der Waals surface area contributed by atoms with E-state index in [0.29, 0.717) is 19.1 Å². The number of nitrogens with zero attached hydrogens (tertiary/aromatic N) is 2. The van der Waals surface area contributed by atoms with E-state index < -0.39 is 121 Å². The number of guanidine groups is 2. The van der Waals surface area contributed by atoms with E-state index in [1.165, 1.54) is 20.8 Å². The van der Waals surface area contributed by atoms with Gasteiger partial charge in [0.2, 0.25) is 47.3 Å². The Hall–Kier alpha value is -6.19. The van der Waals surface area contributed by atoms with Gasteiger partial charge in [0.05, 0.1) is 24.3 Å². The number of unbranched alkanes of at least 4 members (excludes halogenated alkanes) is 1. The Kier molecular flexibility index (Phi) is 27.8. The summed E-state index contributed by atoms with van der Waals surface area (Å²) >= 11 is 0. The molecule has 10 atom stereocenters. The summed E-state index contributed by atoms with van der Waals surface area (Å²) in [4.78, 5) is 124. The first kappa shape index (κ1) is 57.8. The molecular weight excluding hydrogens is 845 g/mol. The maximum Gasteiger partial charge on any atom is 0.245 e. The molecule has 0 spiro atoms. The van der Waals surface area contributed by atoms with E-state index in [0.717, 1.165) is 6.92 Å². The molecule has 0 bridgehead atoms. The first-order valence-corrected chi connectivity index (χ1v) is 20.7. The highest BCUT2D eigenvalue weighted by molar-refractivity contribution is 5.97. The Morgan fingerprint density at radius 3 is 1.39 bits per heavy atom. The zero-order chi connectivity index (χ0) is 49.1. The molecule has 0 aliphatic heterocycles. The first-order chi connectivity index (χ1) is 29.9. The predicted molar refractivity (Wildman–Crippen MR) is 233 cm³/mol. The van der Waals surface area contributed by atoms with Crippen molar-refractivity contribution in [1.82, 2.24) is 37.2 Å². The minimum Gasteiger partial charge on any atom is -0.391 e. The second-order valence-electron chi connectivity index (χ2n) is 15.1. The summed E-state index contributed by atoms with van der Waals surface area (Å²) in [5.74, 6) is -7.68. The molecule has 0 aromatic carbocycles. The Balaban J connectivity index is 6.25. The number of carbonyl (C=O) groups excluding carboxylic acids is 9. The molecule has 0 saturated carbocycles. The molecule has 64 heavy (non-hydrogen) atoms. The molecule has 8 amide bonds. The van der Waals surface area contributed by atoms with Crippen molar-refractivity contribution in [3.05, 3.63) is 0 Å². The van der Waals surface area contributed by atoms with Gasteiger partial charge in [0.15, 0.2) is 11.9 Å². The van der Waals surface area contributed by atoms with E-state index in [4.69, 9.17) is 40.1 Å². The Morgan fingerprint density at radius 2 is 0.953 bits per heavy atom. The van der Waals surface area contributed by atoms with Crippen molar-refractivity contribution in [2.45, 2.75) is 146 Å². The monoisotopic (exact) mass is 915 g/mol. The summed E-state index contributed by atoms with van der Waals surface area (Å²) in [5.41, 5.74) is 37.9. The number of primary amides is 1. The van der Waals surface area contributed by atoms with Crippen molar-refractivity contribution in [3.8, 4) is 0 Å². The molecule has 23 N–H and O–H groups in total. The molecule has 0 radical (unpaired) electrons. The number of hydrogen-bond donors (Lipinski definition) is 16. The predicted octanol–water partition coefficient (Wildman–Crippen LogP) is -7.79.